The summed E-state index contributed by atoms with van der Waals surface area (Å²) in [5.74, 6) is -3.10. The Labute approximate surface area is 165 Å². The fourth-order valence-corrected chi connectivity index (χ4v) is 4.89. The Morgan fingerprint density at radius 1 is 1.39 bits per heavy atom. The summed E-state index contributed by atoms with van der Waals surface area (Å²) >= 11 is 0. The summed E-state index contributed by atoms with van der Waals surface area (Å²) in [4.78, 5) is 29.5. The molecule has 10 nitrogen and oxygen atoms in total. The molecule has 0 N–H and O–H groups in total. The lowest BCUT2D eigenvalue weighted by Gasteiger charge is -2.49. The van der Waals surface area contributed by atoms with E-state index in [2.05, 4.69) is 16.6 Å². The molecule has 158 valence electrons. The molecule has 0 spiro atoms. The summed E-state index contributed by atoms with van der Waals surface area (Å²) in [6.45, 7) is 11.8. The normalized spacial score (nSPS) is 20.8. The van der Waals surface area contributed by atoms with Crippen molar-refractivity contribution in [3.63, 3.8) is 0 Å². The van der Waals surface area contributed by atoms with Gasteiger partial charge in [-0.1, -0.05) is 11.2 Å². The van der Waals surface area contributed by atoms with E-state index in [4.69, 9.17) is 19.3 Å². The molecule has 11 heteroatoms. The van der Waals surface area contributed by atoms with Crippen LogP contribution in [-0.2, 0) is 27.9 Å². The molecule has 1 aliphatic rings. The molecular weight excluding hydrogens is 387 g/mol. The van der Waals surface area contributed by atoms with E-state index in [-0.39, 0.29) is 13.2 Å². The first-order valence-electron chi connectivity index (χ1n) is 9.15. The lowest BCUT2D eigenvalue weighted by molar-refractivity contribution is -0.170. The quantitative estimate of drug-likeness (QED) is 0.0958. The number of likely N-dealkylation sites (tertiary alicyclic amines) is 1. The highest BCUT2D eigenvalue weighted by Gasteiger charge is 2.59. The second-order valence-electron chi connectivity index (χ2n) is 7.11. The highest BCUT2D eigenvalue weighted by atomic mass is 31.2. The monoisotopic (exact) mass is 416 g/mol. The maximum absolute atomic E-state index is 13.4. The largest absolute Gasteiger partial charge is 0.458 e. The molecule has 0 aromatic rings. The average Bonchev–Trinajstić information content (AvgIpc) is 2.58. The molecule has 0 radical (unpaired) electrons. The summed E-state index contributed by atoms with van der Waals surface area (Å²) in [6, 6.07) is -1.64. The van der Waals surface area contributed by atoms with E-state index >= 15 is 0 Å². The van der Waals surface area contributed by atoms with Crippen molar-refractivity contribution >= 4 is 19.5 Å². The third kappa shape index (κ3) is 5.58. The number of β-lactam (4-membered cyclic amide) rings is 1. The van der Waals surface area contributed by atoms with Crippen LogP contribution in [0.15, 0.2) is 17.8 Å². The topological polar surface area (TPSA) is 131 Å². The number of rotatable bonds is 11. The zero-order valence-electron chi connectivity index (χ0n) is 17.0. The number of hydrogen-bond donors (Lipinski definition) is 0. The second-order valence-corrected chi connectivity index (χ2v) is 9.20. The summed E-state index contributed by atoms with van der Waals surface area (Å²) in [5.41, 5.74) is 7.87. The van der Waals surface area contributed by atoms with E-state index in [1.807, 2.05) is 0 Å². The Balaban J connectivity index is 3.41. The van der Waals surface area contributed by atoms with E-state index in [1.165, 1.54) is 0 Å². The van der Waals surface area contributed by atoms with Crippen LogP contribution < -0.4 is 0 Å². The van der Waals surface area contributed by atoms with Crippen molar-refractivity contribution in [1.82, 2.24) is 4.90 Å². The number of carbonyl (C=O) groups excluding carboxylic acids is 2. The number of carbonyl (C=O) groups is 2. The van der Waals surface area contributed by atoms with E-state index < -0.39 is 42.9 Å². The number of amides is 1. The Bertz CT molecular complexity index is 676. The Hall–Kier alpha value is -1.86. The van der Waals surface area contributed by atoms with Crippen LogP contribution in [0.25, 0.3) is 10.4 Å². The van der Waals surface area contributed by atoms with E-state index in [0.717, 1.165) is 4.90 Å². The number of hydrogen-bond acceptors (Lipinski definition) is 7. The minimum absolute atomic E-state index is 0.00963. The van der Waals surface area contributed by atoms with Gasteiger partial charge in [-0.25, -0.2) is 4.79 Å². The fourth-order valence-electron chi connectivity index (χ4n) is 2.91. The Morgan fingerprint density at radius 3 is 2.39 bits per heavy atom. The van der Waals surface area contributed by atoms with Crippen LogP contribution in [0.3, 0.4) is 0 Å². The van der Waals surface area contributed by atoms with Crippen LogP contribution in [0.1, 0.15) is 47.5 Å². The second kappa shape index (κ2) is 10.1. The Morgan fingerprint density at radius 2 is 1.96 bits per heavy atom. The van der Waals surface area contributed by atoms with E-state index in [0.29, 0.717) is 12.8 Å². The van der Waals surface area contributed by atoms with E-state index in [1.54, 1.807) is 40.7 Å². The lowest BCUT2D eigenvalue weighted by atomic mass is 9.91. The molecule has 0 aromatic carbocycles. The number of allylic oxidation sites excluding steroid dienone is 1. The number of nitrogens with zero attached hydrogens (tertiary/aromatic N) is 4. The molecule has 1 heterocycles. The summed E-state index contributed by atoms with van der Waals surface area (Å²) in [7, 11) is -4.08. The highest BCUT2D eigenvalue weighted by molar-refractivity contribution is 7.55. The van der Waals surface area contributed by atoms with Crippen molar-refractivity contribution in [2.75, 3.05) is 13.2 Å². The fraction of sp³-hybridized carbons (Fsp3) is 0.765. The van der Waals surface area contributed by atoms with Gasteiger partial charge in [0.1, 0.15) is 11.6 Å². The van der Waals surface area contributed by atoms with Crippen LogP contribution in [0.4, 0.5) is 0 Å². The molecule has 1 saturated heterocycles. The van der Waals surface area contributed by atoms with Crippen molar-refractivity contribution < 1.29 is 27.9 Å². The first-order valence-corrected chi connectivity index (χ1v) is 10.8. The average molecular weight is 416 g/mol. The van der Waals surface area contributed by atoms with Crippen molar-refractivity contribution in [1.29, 1.82) is 0 Å². The van der Waals surface area contributed by atoms with Crippen molar-refractivity contribution in [2.45, 2.75) is 70.9 Å². The molecule has 1 unspecified atom stereocenters. The van der Waals surface area contributed by atoms with Gasteiger partial charge in [0.05, 0.1) is 19.3 Å². The number of azide groups is 1. The molecular formula is C17H29N4O6P. The third-order valence-electron chi connectivity index (χ3n) is 3.87. The van der Waals surface area contributed by atoms with Gasteiger partial charge in [0, 0.05) is 4.91 Å². The van der Waals surface area contributed by atoms with Gasteiger partial charge >= 0.3 is 13.6 Å². The maximum Gasteiger partial charge on any atom is 0.364 e. The zero-order valence-corrected chi connectivity index (χ0v) is 17.9. The molecule has 1 fully saturated rings. The SMILES string of the molecule is C=CCC[C@H]1[C@H](N=[N+]=[N-])C(=O)N1C(C(=O)OC(C)(C)C)P(=O)(OCC)OCC. The standard InChI is InChI=1S/C17H29N4O6P/c1-7-10-11-12-13(19-20-18)14(22)21(12)15(16(23)27-17(4,5)6)28(24,25-8-2)26-9-3/h7,12-13,15H,1,8-11H2,2-6H3/t12-,13-,15?/m0/s1. The van der Waals surface area contributed by atoms with Gasteiger partial charge in [-0.3, -0.25) is 9.36 Å². The van der Waals surface area contributed by atoms with Crippen LogP contribution in [-0.4, -0.2) is 53.5 Å². The van der Waals surface area contributed by atoms with Crippen LogP contribution >= 0.6 is 7.60 Å². The molecule has 0 aliphatic carbocycles. The molecule has 3 atom stereocenters. The van der Waals surface area contributed by atoms with Gasteiger partial charge in [-0.15, -0.1) is 6.58 Å². The molecule has 1 aliphatic heterocycles. The molecule has 0 saturated carbocycles. The predicted molar refractivity (Wildman–Crippen MR) is 103 cm³/mol. The Kier molecular flexibility index (Phi) is 8.70. The predicted octanol–water partition coefficient (Wildman–Crippen LogP) is 3.78. The first-order chi connectivity index (χ1) is 13.1. The number of ether oxygens (including phenoxy) is 1. The van der Waals surface area contributed by atoms with Gasteiger partial charge in [-0.2, -0.15) is 0 Å². The highest BCUT2D eigenvalue weighted by Crippen LogP contribution is 2.57. The van der Waals surface area contributed by atoms with Gasteiger partial charge in [0.15, 0.2) is 0 Å². The van der Waals surface area contributed by atoms with Crippen molar-refractivity contribution in [3.05, 3.63) is 23.1 Å². The van der Waals surface area contributed by atoms with Crippen LogP contribution in [0, 0.1) is 0 Å². The van der Waals surface area contributed by atoms with Gasteiger partial charge < -0.3 is 18.7 Å². The molecule has 1 amide bonds. The smallest absolute Gasteiger partial charge is 0.364 e. The molecule has 1 rings (SSSR count). The zero-order chi connectivity index (χ0) is 21.5. The van der Waals surface area contributed by atoms with Crippen molar-refractivity contribution in [3.8, 4) is 0 Å². The first kappa shape index (κ1) is 24.2. The lowest BCUT2D eigenvalue weighted by Crippen LogP contribution is -2.68. The van der Waals surface area contributed by atoms with Crippen molar-refractivity contribution in [2.24, 2.45) is 5.11 Å². The van der Waals surface area contributed by atoms with E-state index in [9.17, 15) is 14.2 Å². The number of esters is 1. The maximum atomic E-state index is 13.4. The molecule has 0 aromatic heterocycles. The van der Waals surface area contributed by atoms with Gasteiger partial charge in [0.25, 0.3) is 0 Å². The summed E-state index contributed by atoms with van der Waals surface area (Å²) in [5, 5.41) is 3.52. The third-order valence-corrected chi connectivity index (χ3v) is 6.17. The van der Waals surface area contributed by atoms with Crippen LogP contribution in [0.2, 0.25) is 0 Å². The minimum atomic E-state index is -4.08. The van der Waals surface area contributed by atoms with Crippen LogP contribution in [0.5, 0.6) is 0 Å². The minimum Gasteiger partial charge on any atom is -0.458 e. The molecule has 28 heavy (non-hydrogen) atoms. The van der Waals surface area contributed by atoms with Gasteiger partial charge in [-0.05, 0) is 53.0 Å². The summed E-state index contributed by atoms with van der Waals surface area (Å²) in [6.07, 6.45) is 2.51. The van der Waals surface area contributed by atoms with Gasteiger partial charge in [0.2, 0.25) is 11.7 Å². The molecule has 0 bridgehead atoms. The summed E-state index contributed by atoms with van der Waals surface area (Å²) < 4.78 is 29.5.